The summed E-state index contributed by atoms with van der Waals surface area (Å²) in [6, 6.07) is 7.78. The third-order valence-corrected chi connectivity index (χ3v) is 8.51. The van der Waals surface area contributed by atoms with E-state index >= 15 is 4.39 Å². The molecule has 7 heteroatoms. The van der Waals surface area contributed by atoms with E-state index in [0.717, 1.165) is 36.9 Å². The Labute approximate surface area is 216 Å². The van der Waals surface area contributed by atoms with Crippen molar-refractivity contribution in [1.82, 2.24) is 15.1 Å². The number of benzene rings is 2. The maximum absolute atomic E-state index is 15.2. The summed E-state index contributed by atoms with van der Waals surface area (Å²) in [6.07, 6.45) is 10.8. The molecule has 6 rings (SSSR count). The van der Waals surface area contributed by atoms with E-state index in [1.165, 1.54) is 18.2 Å². The first-order valence-electron chi connectivity index (χ1n) is 13.3. The molecule has 2 aromatic carbocycles. The van der Waals surface area contributed by atoms with Crippen LogP contribution in [0.1, 0.15) is 68.6 Å². The van der Waals surface area contributed by atoms with Crippen molar-refractivity contribution in [3.63, 3.8) is 0 Å². The summed E-state index contributed by atoms with van der Waals surface area (Å²) in [7, 11) is 1.95. The largest absolute Gasteiger partial charge is 0.463 e. The van der Waals surface area contributed by atoms with Crippen molar-refractivity contribution in [1.29, 1.82) is 0 Å². The lowest BCUT2D eigenvalue weighted by Gasteiger charge is -2.39. The molecule has 2 aliphatic rings. The highest BCUT2D eigenvalue weighted by molar-refractivity contribution is 5.85. The lowest BCUT2D eigenvalue weighted by Crippen LogP contribution is -2.47. The first kappa shape index (κ1) is 24.0. The van der Waals surface area contributed by atoms with Gasteiger partial charge in [-0.2, -0.15) is 0 Å². The lowest BCUT2D eigenvalue weighted by atomic mass is 9.71. The number of aromatic nitrogens is 3. The van der Waals surface area contributed by atoms with Crippen LogP contribution in [0, 0.1) is 18.7 Å². The van der Waals surface area contributed by atoms with Gasteiger partial charge in [0.25, 0.3) is 6.33 Å². The zero-order valence-electron chi connectivity index (χ0n) is 22.0. The zero-order chi connectivity index (χ0) is 25.9. The molecule has 0 saturated heterocycles. The van der Waals surface area contributed by atoms with Crippen molar-refractivity contribution in [2.24, 2.45) is 13.0 Å². The minimum atomic E-state index is -0.308. The molecule has 0 aliphatic heterocycles. The number of hydrogen-bond donors (Lipinski definition) is 1. The Morgan fingerprint density at radius 2 is 2.05 bits per heavy atom. The fourth-order valence-corrected chi connectivity index (χ4v) is 5.91. The molecule has 0 unspecified atom stereocenters. The van der Waals surface area contributed by atoms with Gasteiger partial charge in [-0.15, -0.1) is 0 Å². The van der Waals surface area contributed by atoms with Gasteiger partial charge in [0, 0.05) is 28.3 Å². The highest BCUT2D eigenvalue weighted by Crippen LogP contribution is 2.44. The van der Waals surface area contributed by atoms with E-state index in [0.29, 0.717) is 46.0 Å². The van der Waals surface area contributed by atoms with Crippen LogP contribution in [0.5, 0.6) is 0 Å². The Balaban J connectivity index is 1.43. The van der Waals surface area contributed by atoms with Gasteiger partial charge in [0.2, 0.25) is 11.8 Å². The average Bonchev–Trinajstić information content (AvgIpc) is 3.28. The summed E-state index contributed by atoms with van der Waals surface area (Å²) in [4.78, 5) is 13.8. The van der Waals surface area contributed by atoms with E-state index in [-0.39, 0.29) is 16.8 Å². The van der Waals surface area contributed by atoms with Crippen LogP contribution in [-0.4, -0.2) is 15.3 Å². The van der Waals surface area contributed by atoms with Crippen molar-refractivity contribution in [3.05, 3.63) is 75.9 Å². The van der Waals surface area contributed by atoms with E-state index in [1.807, 2.05) is 34.8 Å². The predicted octanol–water partition coefficient (Wildman–Crippen LogP) is 5.46. The van der Waals surface area contributed by atoms with Gasteiger partial charge in [-0.3, -0.25) is 4.79 Å². The standard InChI is InChI=1S/C30H34FN4O2/c1-18-10-21(11-18)23-12-20(6-7-26(23)35-17-34(4)16-33-35)25-15-37-29-19(2)27(31)22(13-24(29)28(25)36)14-32-30(3)8-5-9-30/h6-7,12-13,15-18,21,32H,5,8-11,14H2,1-4H3/q+1. The number of hydrogen-bond acceptors (Lipinski definition) is 4. The Morgan fingerprint density at radius 1 is 1.27 bits per heavy atom. The van der Waals surface area contributed by atoms with Crippen molar-refractivity contribution < 1.29 is 13.4 Å². The van der Waals surface area contributed by atoms with Crippen LogP contribution in [0.15, 0.2) is 52.4 Å². The molecular formula is C30H34FN4O2+. The SMILES string of the molecule is Cc1c(F)c(CNC2(C)CCC2)cc2c(=O)c(-c3ccc(-n4c[n+](C)cn4)c(C4CC(C)C4)c3)coc12. The van der Waals surface area contributed by atoms with Gasteiger partial charge in [-0.25, -0.2) is 8.96 Å². The zero-order valence-corrected chi connectivity index (χ0v) is 22.0. The summed E-state index contributed by atoms with van der Waals surface area (Å²) in [5, 5.41) is 8.41. The average molecular weight is 502 g/mol. The van der Waals surface area contributed by atoms with Gasteiger partial charge in [-0.1, -0.05) is 17.7 Å². The van der Waals surface area contributed by atoms with E-state index < -0.39 is 0 Å². The second-order valence-corrected chi connectivity index (χ2v) is 11.5. The first-order chi connectivity index (χ1) is 17.7. The molecular weight excluding hydrogens is 467 g/mol. The molecule has 4 aromatic rings. The number of halogens is 1. The molecule has 192 valence electrons. The summed E-state index contributed by atoms with van der Waals surface area (Å²) in [6.45, 7) is 6.51. The fourth-order valence-electron chi connectivity index (χ4n) is 5.91. The molecule has 0 radical (unpaired) electrons. The van der Waals surface area contributed by atoms with Crippen molar-refractivity contribution in [2.75, 3.05) is 0 Å². The van der Waals surface area contributed by atoms with E-state index in [9.17, 15) is 4.79 Å². The first-order valence-corrected chi connectivity index (χ1v) is 13.3. The second-order valence-electron chi connectivity index (χ2n) is 11.5. The lowest BCUT2D eigenvalue weighted by molar-refractivity contribution is -0.672. The predicted molar refractivity (Wildman–Crippen MR) is 141 cm³/mol. The number of aryl methyl sites for hydroxylation is 2. The second kappa shape index (κ2) is 8.91. The quantitative estimate of drug-likeness (QED) is 0.356. The summed E-state index contributed by atoms with van der Waals surface area (Å²) >= 11 is 0. The molecule has 2 aliphatic carbocycles. The summed E-state index contributed by atoms with van der Waals surface area (Å²) in [5.41, 5.74) is 4.64. The smallest absolute Gasteiger partial charge is 0.265 e. The fraction of sp³-hybridized carbons (Fsp3) is 0.433. The third kappa shape index (κ3) is 4.19. The van der Waals surface area contributed by atoms with E-state index in [2.05, 4.69) is 30.3 Å². The monoisotopic (exact) mass is 501 g/mol. The van der Waals surface area contributed by atoms with Crippen LogP contribution in [0.4, 0.5) is 4.39 Å². The van der Waals surface area contributed by atoms with Gasteiger partial charge < -0.3 is 9.73 Å². The van der Waals surface area contributed by atoms with Crippen LogP contribution in [0.2, 0.25) is 0 Å². The van der Waals surface area contributed by atoms with Gasteiger partial charge in [0.1, 0.15) is 23.4 Å². The Hall–Kier alpha value is -3.32. The van der Waals surface area contributed by atoms with Crippen LogP contribution in [-0.2, 0) is 13.6 Å². The maximum atomic E-state index is 15.2. The topological polar surface area (TPSA) is 63.9 Å². The highest BCUT2D eigenvalue weighted by atomic mass is 19.1. The Bertz CT molecular complexity index is 1560. The Morgan fingerprint density at radius 3 is 2.70 bits per heavy atom. The molecule has 0 spiro atoms. The number of nitrogens with zero attached hydrogens (tertiary/aromatic N) is 3. The molecule has 0 bridgehead atoms. The third-order valence-electron chi connectivity index (χ3n) is 8.51. The molecule has 2 aromatic heterocycles. The number of rotatable bonds is 6. The van der Waals surface area contributed by atoms with E-state index in [1.54, 1.807) is 19.3 Å². The molecule has 0 amide bonds. The minimum absolute atomic E-state index is 0.0462. The molecule has 2 fully saturated rings. The highest BCUT2D eigenvalue weighted by Gasteiger charge is 2.32. The Kier molecular flexibility index (Phi) is 5.79. The van der Waals surface area contributed by atoms with Crippen LogP contribution < -0.4 is 15.3 Å². The number of nitrogens with one attached hydrogen (secondary N) is 1. The van der Waals surface area contributed by atoms with Gasteiger partial charge in [0.15, 0.2) is 0 Å². The summed E-state index contributed by atoms with van der Waals surface area (Å²) in [5.74, 6) is 0.805. The van der Waals surface area contributed by atoms with Gasteiger partial charge >= 0.3 is 0 Å². The van der Waals surface area contributed by atoms with Gasteiger partial charge in [-0.05, 0) is 87.1 Å². The van der Waals surface area contributed by atoms with Crippen molar-refractivity contribution >= 4 is 11.0 Å². The van der Waals surface area contributed by atoms with Crippen molar-refractivity contribution in [2.45, 2.75) is 70.9 Å². The van der Waals surface area contributed by atoms with Crippen molar-refractivity contribution in [3.8, 4) is 16.8 Å². The molecule has 2 heterocycles. The van der Waals surface area contributed by atoms with Gasteiger partial charge in [0.05, 0.1) is 18.0 Å². The minimum Gasteiger partial charge on any atom is -0.463 e. The molecule has 0 atom stereocenters. The normalized spacial score (nSPS) is 20.6. The van der Waals surface area contributed by atoms with E-state index in [4.69, 9.17) is 4.42 Å². The molecule has 1 N–H and O–H groups in total. The molecule has 37 heavy (non-hydrogen) atoms. The molecule has 2 saturated carbocycles. The summed E-state index contributed by atoms with van der Waals surface area (Å²) < 4.78 is 24.9. The van der Waals surface area contributed by atoms with Crippen LogP contribution in [0.25, 0.3) is 27.8 Å². The maximum Gasteiger partial charge on any atom is 0.265 e. The van der Waals surface area contributed by atoms with Crippen LogP contribution in [0.3, 0.4) is 0 Å². The number of fused-ring (bicyclic) bond motifs is 1. The van der Waals surface area contributed by atoms with Crippen LogP contribution >= 0.6 is 0 Å². The molecule has 6 nitrogen and oxygen atoms in total.